The quantitative estimate of drug-likeness (QED) is 0.648. The van der Waals surface area contributed by atoms with Crippen LogP contribution in [0.3, 0.4) is 0 Å². The van der Waals surface area contributed by atoms with Crippen LogP contribution in [0, 0.1) is 0 Å². The second-order valence-corrected chi connectivity index (χ2v) is 4.56. The molecule has 0 bridgehead atoms. The molecule has 0 atom stereocenters. The molecule has 0 unspecified atom stereocenters. The highest BCUT2D eigenvalue weighted by atomic mass is 79.9. The molecule has 64 valence electrons. The van der Waals surface area contributed by atoms with E-state index in [1.54, 1.807) is 0 Å². The maximum absolute atomic E-state index is 6.12. The SMILES string of the molecule is Clc1cc(Br)cc2c1CCCC2. The molecule has 0 spiro atoms. The zero-order chi connectivity index (χ0) is 8.55. The molecule has 0 nitrogen and oxygen atoms in total. The van der Waals surface area contributed by atoms with Gasteiger partial charge in [0.25, 0.3) is 0 Å². The van der Waals surface area contributed by atoms with Gasteiger partial charge in [-0.1, -0.05) is 27.5 Å². The van der Waals surface area contributed by atoms with Gasteiger partial charge < -0.3 is 0 Å². The van der Waals surface area contributed by atoms with Crippen molar-refractivity contribution in [1.29, 1.82) is 0 Å². The Labute approximate surface area is 86.1 Å². The predicted octanol–water partition coefficient (Wildman–Crippen LogP) is 3.98. The van der Waals surface area contributed by atoms with E-state index >= 15 is 0 Å². The smallest absolute Gasteiger partial charge is 0.0451 e. The summed E-state index contributed by atoms with van der Waals surface area (Å²) in [5.41, 5.74) is 2.80. The average molecular weight is 246 g/mol. The first-order valence-corrected chi connectivity index (χ1v) is 5.41. The largest absolute Gasteiger partial charge is 0.0840 e. The summed E-state index contributed by atoms with van der Waals surface area (Å²) in [6, 6.07) is 4.19. The van der Waals surface area contributed by atoms with Gasteiger partial charge in [-0.3, -0.25) is 0 Å². The third-order valence-electron chi connectivity index (χ3n) is 2.38. The Kier molecular flexibility index (Phi) is 2.42. The monoisotopic (exact) mass is 244 g/mol. The van der Waals surface area contributed by atoms with E-state index in [-0.39, 0.29) is 0 Å². The van der Waals surface area contributed by atoms with Crippen LogP contribution in [0.4, 0.5) is 0 Å². The van der Waals surface area contributed by atoms with Gasteiger partial charge >= 0.3 is 0 Å². The number of benzene rings is 1. The minimum Gasteiger partial charge on any atom is -0.0840 e. The number of halogens is 2. The molecular formula is C10H10BrCl. The molecule has 2 heteroatoms. The summed E-state index contributed by atoms with van der Waals surface area (Å²) in [6.45, 7) is 0. The van der Waals surface area contributed by atoms with Gasteiger partial charge in [-0.05, 0) is 48.9 Å². The number of aryl methyl sites for hydroxylation is 1. The van der Waals surface area contributed by atoms with Crippen molar-refractivity contribution in [2.24, 2.45) is 0 Å². The van der Waals surface area contributed by atoms with Crippen LogP contribution in [0.25, 0.3) is 0 Å². The molecule has 0 aromatic heterocycles. The van der Waals surface area contributed by atoms with Crippen LogP contribution >= 0.6 is 27.5 Å². The van der Waals surface area contributed by atoms with Gasteiger partial charge in [0.1, 0.15) is 0 Å². The van der Waals surface area contributed by atoms with E-state index in [4.69, 9.17) is 11.6 Å². The van der Waals surface area contributed by atoms with E-state index < -0.39 is 0 Å². The maximum atomic E-state index is 6.12. The Bertz CT molecular complexity index is 307. The van der Waals surface area contributed by atoms with Crippen molar-refractivity contribution in [1.82, 2.24) is 0 Å². The van der Waals surface area contributed by atoms with Crippen molar-refractivity contribution in [2.75, 3.05) is 0 Å². The van der Waals surface area contributed by atoms with Crippen LogP contribution in [0.2, 0.25) is 5.02 Å². The minimum atomic E-state index is 0.930. The second-order valence-electron chi connectivity index (χ2n) is 3.23. The predicted molar refractivity (Wildman–Crippen MR) is 55.8 cm³/mol. The molecule has 0 N–H and O–H groups in total. The molecule has 0 radical (unpaired) electrons. The summed E-state index contributed by atoms with van der Waals surface area (Å²) in [6.07, 6.45) is 4.93. The lowest BCUT2D eigenvalue weighted by molar-refractivity contribution is 0.685. The van der Waals surface area contributed by atoms with Crippen molar-refractivity contribution < 1.29 is 0 Å². The summed E-state index contributed by atoms with van der Waals surface area (Å²) >= 11 is 9.57. The molecule has 0 saturated heterocycles. The number of hydrogen-bond acceptors (Lipinski definition) is 0. The Hall–Kier alpha value is -0.0100. The van der Waals surface area contributed by atoms with Crippen LogP contribution in [-0.4, -0.2) is 0 Å². The first-order valence-electron chi connectivity index (χ1n) is 4.24. The molecule has 1 aliphatic carbocycles. The highest BCUT2D eigenvalue weighted by Crippen LogP contribution is 2.30. The lowest BCUT2D eigenvalue weighted by atomic mass is 9.92. The molecule has 0 aliphatic heterocycles. The first kappa shape index (κ1) is 8.58. The van der Waals surface area contributed by atoms with Crippen molar-refractivity contribution in [2.45, 2.75) is 25.7 Å². The zero-order valence-corrected chi connectivity index (χ0v) is 9.08. The maximum Gasteiger partial charge on any atom is 0.0451 e. The molecule has 0 amide bonds. The third kappa shape index (κ3) is 1.53. The molecule has 0 fully saturated rings. The van der Waals surface area contributed by atoms with Gasteiger partial charge in [0.15, 0.2) is 0 Å². The number of fused-ring (bicyclic) bond motifs is 1. The molecule has 0 saturated carbocycles. The zero-order valence-electron chi connectivity index (χ0n) is 6.74. The topological polar surface area (TPSA) is 0 Å². The van der Waals surface area contributed by atoms with Gasteiger partial charge in [-0.15, -0.1) is 0 Å². The molecule has 0 heterocycles. The van der Waals surface area contributed by atoms with Crippen molar-refractivity contribution in [3.05, 3.63) is 32.8 Å². The minimum absolute atomic E-state index is 0.930. The molecule has 2 rings (SSSR count). The fourth-order valence-electron chi connectivity index (χ4n) is 1.78. The lowest BCUT2D eigenvalue weighted by Crippen LogP contribution is -2.02. The number of rotatable bonds is 0. The van der Waals surface area contributed by atoms with Crippen molar-refractivity contribution in [3.63, 3.8) is 0 Å². The normalized spacial score (nSPS) is 15.8. The summed E-state index contributed by atoms with van der Waals surface area (Å²) in [4.78, 5) is 0. The fourth-order valence-corrected chi connectivity index (χ4v) is 2.75. The molecule has 1 aromatic carbocycles. The van der Waals surface area contributed by atoms with E-state index in [1.807, 2.05) is 6.07 Å². The van der Waals surface area contributed by atoms with Crippen LogP contribution in [0.1, 0.15) is 24.0 Å². The van der Waals surface area contributed by atoms with Crippen molar-refractivity contribution >= 4 is 27.5 Å². The lowest BCUT2D eigenvalue weighted by Gasteiger charge is -2.16. The van der Waals surface area contributed by atoms with E-state index in [0.29, 0.717) is 0 Å². The van der Waals surface area contributed by atoms with E-state index in [0.717, 1.165) is 15.9 Å². The van der Waals surface area contributed by atoms with E-state index in [9.17, 15) is 0 Å². The Balaban J connectivity index is 2.53. The van der Waals surface area contributed by atoms with Crippen LogP contribution in [-0.2, 0) is 12.8 Å². The molecule has 1 aromatic rings. The van der Waals surface area contributed by atoms with Crippen LogP contribution in [0.5, 0.6) is 0 Å². The van der Waals surface area contributed by atoms with Crippen LogP contribution < -0.4 is 0 Å². The molecule has 1 aliphatic rings. The second kappa shape index (κ2) is 3.39. The van der Waals surface area contributed by atoms with E-state index in [1.165, 1.54) is 30.4 Å². The first-order chi connectivity index (χ1) is 5.77. The summed E-state index contributed by atoms with van der Waals surface area (Å²) in [5, 5.41) is 0.930. The molecular weight excluding hydrogens is 235 g/mol. The van der Waals surface area contributed by atoms with Gasteiger partial charge in [0.05, 0.1) is 0 Å². The fraction of sp³-hybridized carbons (Fsp3) is 0.400. The standard InChI is InChI=1S/C10H10BrCl/c11-8-5-7-3-1-2-4-9(7)10(12)6-8/h5-6H,1-4H2. The third-order valence-corrected chi connectivity index (χ3v) is 3.17. The highest BCUT2D eigenvalue weighted by molar-refractivity contribution is 9.10. The molecule has 12 heavy (non-hydrogen) atoms. The van der Waals surface area contributed by atoms with Gasteiger partial charge in [-0.25, -0.2) is 0 Å². The number of hydrogen-bond donors (Lipinski definition) is 0. The highest BCUT2D eigenvalue weighted by Gasteiger charge is 2.12. The Morgan fingerprint density at radius 1 is 1.17 bits per heavy atom. The van der Waals surface area contributed by atoms with Gasteiger partial charge in [0, 0.05) is 9.50 Å². The van der Waals surface area contributed by atoms with Crippen LogP contribution in [0.15, 0.2) is 16.6 Å². The summed E-state index contributed by atoms with van der Waals surface area (Å²) in [7, 11) is 0. The van der Waals surface area contributed by atoms with Gasteiger partial charge in [0.2, 0.25) is 0 Å². The Morgan fingerprint density at radius 3 is 2.75 bits per heavy atom. The average Bonchev–Trinajstić information content (AvgIpc) is 2.04. The summed E-state index contributed by atoms with van der Waals surface area (Å²) in [5.74, 6) is 0. The Morgan fingerprint density at radius 2 is 1.92 bits per heavy atom. The summed E-state index contributed by atoms with van der Waals surface area (Å²) < 4.78 is 1.10. The van der Waals surface area contributed by atoms with Crippen molar-refractivity contribution in [3.8, 4) is 0 Å². The van der Waals surface area contributed by atoms with Gasteiger partial charge in [-0.2, -0.15) is 0 Å². The van der Waals surface area contributed by atoms with E-state index in [2.05, 4.69) is 22.0 Å².